The van der Waals surface area contributed by atoms with Gasteiger partial charge in [-0.25, -0.2) is 9.67 Å². The summed E-state index contributed by atoms with van der Waals surface area (Å²) in [5.41, 5.74) is 2.03. The summed E-state index contributed by atoms with van der Waals surface area (Å²) in [6, 6.07) is 20.3. The molecule has 0 aliphatic rings. The summed E-state index contributed by atoms with van der Waals surface area (Å²) in [5, 5.41) is 18.9. The lowest BCUT2D eigenvalue weighted by molar-refractivity contribution is 0.0964. The van der Waals surface area contributed by atoms with E-state index in [1.807, 2.05) is 43.3 Å². The average molecular weight is 468 g/mol. The molecule has 0 atom stereocenters. The number of pyridine rings is 1. The van der Waals surface area contributed by atoms with Gasteiger partial charge in [-0.05, 0) is 12.5 Å². The number of hydrogen-bond acceptors (Lipinski definition) is 8. The third kappa shape index (κ3) is 3.60. The molecule has 0 aliphatic carbocycles. The van der Waals surface area contributed by atoms with Crippen molar-refractivity contribution < 1.29 is 9.53 Å². The van der Waals surface area contributed by atoms with Crippen molar-refractivity contribution in [1.29, 1.82) is 5.26 Å². The summed E-state index contributed by atoms with van der Waals surface area (Å²) < 4.78 is 7.03. The molecule has 34 heavy (non-hydrogen) atoms. The quantitative estimate of drug-likeness (QED) is 0.344. The Kier molecular flexibility index (Phi) is 5.57. The smallest absolute Gasteiger partial charge is 0.288 e. The van der Waals surface area contributed by atoms with Crippen LogP contribution in [0.5, 0.6) is 5.88 Å². The van der Waals surface area contributed by atoms with Gasteiger partial charge in [0.05, 0.1) is 6.61 Å². The van der Waals surface area contributed by atoms with E-state index in [9.17, 15) is 14.9 Å². The fraction of sp³-hybridized carbons (Fsp3) is 0.120. The fourth-order valence-electron chi connectivity index (χ4n) is 3.79. The zero-order valence-corrected chi connectivity index (χ0v) is 18.9. The lowest BCUT2D eigenvalue weighted by Gasteiger charge is -2.11. The van der Waals surface area contributed by atoms with Gasteiger partial charge in [-0.1, -0.05) is 65.9 Å². The predicted octanol–water partition coefficient (Wildman–Crippen LogP) is 4.22. The number of nitrogens with zero attached hydrogens (tertiary/aromatic N) is 5. The molecule has 0 radical (unpaired) electrons. The molecule has 0 saturated carbocycles. The van der Waals surface area contributed by atoms with Crippen LogP contribution in [0.3, 0.4) is 0 Å². The molecule has 2 aromatic carbocycles. The maximum atomic E-state index is 13.3. The standard InChI is InChI=1S/C25H17N5O3S/c1-2-33-23-17(13-26)19(16-11-7-4-8-12-16)20-21-22(34-24(20)27-23)25(32)30(29-28-21)14-18(31)15-9-5-3-6-10-15/h3-12H,2,14H2,1H3. The fourth-order valence-corrected chi connectivity index (χ4v) is 4.84. The number of carbonyl (C=O) groups excluding carboxylic acids is 1. The summed E-state index contributed by atoms with van der Waals surface area (Å²) in [6.45, 7) is 1.92. The molecule has 0 amide bonds. The number of benzene rings is 2. The number of fused-ring (bicyclic) bond motifs is 3. The minimum atomic E-state index is -0.437. The maximum absolute atomic E-state index is 13.3. The van der Waals surface area contributed by atoms with Gasteiger partial charge in [0.2, 0.25) is 5.88 Å². The second-order valence-electron chi connectivity index (χ2n) is 7.38. The van der Waals surface area contributed by atoms with Gasteiger partial charge in [-0.15, -0.1) is 16.4 Å². The number of hydrogen-bond donors (Lipinski definition) is 0. The van der Waals surface area contributed by atoms with Crippen molar-refractivity contribution in [1.82, 2.24) is 20.0 Å². The molecule has 0 N–H and O–H groups in total. The number of aromatic nitrogens is 4. The predicted molar refractivity (Wildman–Crippen MR) is 129 cm³/mol. The summed E-state index contributed by atoms with van der Waals surface area (Å²) in [5.74, 6) is -0.0404. The monoisotopic (exact) mass is 467 g/mol. The Morgan fingerprint density at radius 3 is 2.50 bits per heavy atom. The number of carbonyl (C=O) groups is 1. The number of ketones is 1. The summed E-state index contributed by atoms with van der Waals surface area (Å²) in [4.78, 5) is 30.9. The molecule has 0 saturated heterocycles. The van der Waals surface area contributed by atoms with Crippen LogP contribution < -0.4 is 10.3 Å². The molecule has 0 fully saturated rings. The van der Waals surface area contributed by atoms with E-state index in [1.165, 1.54) is 0 Å². The van der Waals surface area contributed by atoms with Gasteiger partial charge >= 0.3 is 0 Å². The van der Waals surface area contributed by atoms with E-state index in [0.29, 0.717) is 38.2 Å². The third-order valence-corrected chi connectivity index (χ3v) is 6.37. The highest BCUT2D eigenvalue weighted by Gasteiger charge is 2.24. The molecule has 3 aromatic heterocycles. The summed E-state index contributed by atoms with van der Waals surface area (Å²) >= 11 is 1.15. The first kappa shape index (κ1) is 21.4. The zero-order valence-electron chi connectivity index (χ0n) is 18.1. The van der Waals surface area contributed by atoms with E-state index < -0.39 is 5.56 Å². The van der Waals surface area contributed by atoms with Crippen molar-refractivity contribution in [3.8, 4) is 23.1 Å². The SMILES string of the molecule is CCOc1nc2sc3c(=O)n(CC(=O)c4ccccc4)nnc3c2c(-c2ccccc2)c1C#N. The van der Waals surface area contributed by atoms with Crippen molar-refractivity contribution in [2.45, 2.75) is 13.5 Å². The Bertz CT molecular complexity index is 1640. The molecule has 0 unspecified atom stereocenters. The lowest BCUT2D eigenvalue weighted by Crippen LogP contribution is -2.27. The van der Waals surface area contributed by atoms with Gasteiger partial charge in [-0.3, -0.25) is 9.59 Å². The first-order valence-electron chi connectivity index (χ1n) is 10.5. The van der Waals surface area contributed by atoms with E-state index in [2.05, 4.69) is 21.4 Å². The van der Waals surface area contributed by atoms with Crippen LogP contribution in [-0.4, -0.2) is 32.4 Å². The largest absolute Gasteiger partial charge is 0.477 e. The number of rotatable bonds is 6. The van der Waals surface area contributed by atoms with Gasteiger partial charge in [0.25, 0.3) is 5.56 Å². The van der Waals surface area contributed by atoms with Crippen LogP contribution in [0.2, 0.25) is 0 Å². The number of thiophene rings is 1. The van der Waals surface area contributed by atoms with E-state index in [0.717, 1.165) is 21.6 Å². The third-order valence-electron chi connectivity index (χ3n) is 5.31. The van der Waals surface area contributed by atoms with Gasteiger partial charge in [-0.2, -0.15) is 5.26 Å². The highest BCUT2D eigenvalue weighted by Crippen LogP contribution is 2.41. The van der Waals surface area contributed by atoms with Crippen LogP contribution in [0, 0.1) is 11.3 Å². The molecule has 0 aliphatic heterocycles. The molecule has 0 bridgehead atoms. The summed E-state index contributed by atoms with van der Waals surface area (Å²) in [6.07, 6.45) is 0. The van der Waals surface area contributed by atoms with Gasteiger partial charge in [0.15, 0.2) is 5.78 Å². The number of nitriles is 1. The van der Waals surface area contributed by atoms with Crippen LogP contribution >= 0.6 is 11.3 Å². The first-order chi connectivity index (χ1) is 16.6. The van der Waals surface area contributed by atoms with Crippen LogP contribution in [-0.2, 0) is 6.54 Å². The Morgan fingerprint density at radius 2 is 1.82 bits per heavy atom. The van der Waals surface area contributed by atoms with E-state index in [1.54, 1.807) is 24.3 Å². The van der Waals surface area contributed by atoms with E-state index in [4.69, 9.17) is 4.74 Å². The molecule has 3 heterocycles. The highest BCUT2D eigenvalue weighted by molar-refractivity contribution is 7.25. The van der Waals surface area contributed by atoms with Crippen molar-refractivity contribution in [2.75, 3.05) is 6.61 Å². The van der Waals surface area contributed by atoms with Crippen molar-refractivity contribution in [3.63, 3.8) is 0 Å². The Balaban J connectivity index is 1.74. The first-order valence-corrected chi connectivity index (χ1v) is 11.3. The lowest BCUT2D eigenvalue weighted by atomic mass is 9.98. The highest BCUT2D eigenvalue weighted by atomic mass is 32.1. The van der Waals surface area contributed by atoms with Crippen molar-refractivity contribution in [3.05, 3.63) is 82.1 Å². The maximum Gasteiger partial charge on any atom is 0.288 e. The Morgan fingerprint density at radius 1 is 1.12 bits per heavy atom. The van der Waals surface area contributed by atoms with Gasteiger partial charge in [0, 0.05) is 16.5 Å². The normalized spacial score (nSPS) is 10.9. The van der Waals surface area contributed by atoms with E-state index in [-0.39, 0.29) is 23.8 Å². The summed E-state index contributed by atoms with van der Waals surface area (Å²) in [7, 11) is 0. The minimum Gasteiger partial charge on any atom is -0.477 e. The minimum absolute atomic E-state index is 0.204. The van der Waals surface area contributed by atoms with Crippen LogP contribution in [0.1, 0.15) is 22.8 Å². The molecule has 5 aromatic rings. The van der Waals surface area contributed by atoms with Crippen molar-refractivity contribution >= 4 is 37.6 Å². The second-order valence-corrected chi connectivity index (χ2v) is 8.38. The van der Waals surface area contributed by atoms with Crippen molar-refractivity contribution in [2.24, 2.45) is 0 Å². The van der Waals surface area contributed by atoms with E-state index >= 15 is 0 Å². The molecular weight excluding hydrogens is 450 g/mol. The van der Waals surface area contributed by atoms with Crippen LogP contribution in [0.15, 0.2) is 65.5 Å². The molecular formula is C25H17N5O3S. The molecule has 9 heteroatoms. The molecule has 8 nitrogen and oxygen atoms in total. The zero-order chi connectivity index (χ0) is 23.7. The van der Waals surface area contributed by atoms with Gasteiger partial charge in [0.1, 0.15) is 33.2 Å². The number of Topliss-reactive ketones (excluding diaryl/α,β-unsaturated/α-hetero) is 1. The Labute approximate surface area is 197 Å². The number of ether oxygens (including phenoxy) is 1. The van der Waals surface area contributed by atoms with Crippen LogP contribution in [0.25, 0.3) is 31.6 Å². The molecule has 166 valence electrons. The van der Waals surface area contributed by atoms with Crippen LogP contribution in [0.4, 0.5) is 0 Å². The molecule has 0 spiro atoms. The molecule has 5 rings (SSSR count). The topological polar surface area (TPSA) is 111 Å². The van der Waals surface area contributed by atoms with Gasteiger partial charge < -0.3 is 4.74 Å². The average Bonchev–Trinajstić information content (AvgIpc) is 3.25. The second kappa shape index (κ2) is 8.84. The Hall–Kier alpha value is -4.42.